The molecule has 2 aromatic carbocycles. The van der Waals surface area contributed by atoms with Crippen molar-refractivity contribution in [2.45, 2.75) is 64.4 Å². The molecule has 1 atom stereocenters. The molecule has 1 heterocycles. The van der Waals surface area contributed by atoms with Gasteiger partial charge in [0.05, 0.1) is 32.6 Å². The Morgan fingerprint density at radius 1 is 1.03 bits per heavy atom. The van der Waals surface area contributed by atoms with Gasteiger partial charge in [0, 0.05) is 12.0 Å². The van der Waals surface area contributed by atoms with E-state index in [4.69, 9.17) is 4.74 Å². The van der Waals surface area contributed by atoms with Gasteiger partial charge < -0.3 is 18.9 Å². The van der Waals surface area contributed by atoms with Gasteiger partial charge in [0.2, 0.25) is 0 Å². The van der Waals surface area contributed by atoms with E-state index < -0.39 is 10.1 Å². The summed E-state index contributed by atoms with van der Waals surface area (Å²) in [5, 5.41) is 10.2. The lowest BCUT2D eigenvalue weighted by atomic mass is 9.85. The van der Waals surface area contributed by atoms with Crippen LogP contribution in [0.2, 0.25) is 0 Å². The first-order chi connectivity index (χ1) is 14.5. The quantitative estimate of drug-likeness (QED) is 0.537. The monoisotopic (exact) mass is 463 g/mol. The lowest BCUT2D eigenvalue weighted by Crippen LogP contribution is -2.44. The Bertz CT molecular complexity index is 1070. The van der Waals surface area contributed by atoms with Gasteiger partial charge in [-0.3, -0.25) is 0 Å². The van der Waals surface area contributed by atoms with Crippen LogP contribution < -0.4 is 4.74 Å². The minimum atomic E-state index is -4.27. The predicted molar refractivity (Wildman–Crippen MR) is 126 cm³/mol. The third-order valence-corrected chi connectivity index (χ3v) is 7.06. The van der Waals surface area contributed by atoms with Crippen LogP contribution in [0.3, 0.4) is 0 Å². The Hall–Kier alpha value is -2.09. The van der Waals surface area contributed by atoms with Gasteiger partial charge in [-0.2, -0.15) is 0 Å². The third-order valence-electron chi connectivity index (χ3n) is 6.21. The molecular weight excluding hydrogens is 426 g/mol. The van der Waals surface area contributed by atoms with Crippen molar-refractivity contribution in [3.05, 3.63) is 52.1 Å². The van der Waals surface area contributed by atoms with E-state index in [0.29, 0.717) is 5.75 Å². The molecule has 7 heteroatoms. The molecule has 0 amide bonds. The van der Waals surface area contributed by atoms with E-state index in [1.165, 1.54) is 17.7 Å². The summed E-state index contributed by atoms with van der Waals surface area (Å²) >= 11 is 0. The van der Waals surface area contributed by atoms with Crippen LogP contribution >= 0.6 is 0 Å². The highest BCUT2D eigenvalue weighted by atomic mass is 32.2. The summed E-state index contributed by atoms with van der Waals surface area (Å²) in [6.07, 6.45) is 3.06. The molecule has 178 valence electrons. The van der Waals surface area contributed by atoms with Gasteiger partial charge in [-0.25, -0.2) is 8.42 Å². The van der Waals surface area contributed by atoms with E-state index in [1.807, 2.05) is 20.8 Å². The maximum Gasteiger partial charge on any atom is 0.127 e. The number of benzene rings is 2. The Morgan fingerprint density at radius 3 is 2.09 bits per heavy atom. The normalized spacial score (nSPS) is 18.3. The topological polar surface area (TPSA) is 86.7 Å². The van der Waals surface area contributed by atoms with Crippen molar-refractivity contribution >= 4 is 10.1 Å². The van der Waals surface area contributed by atoms with Crippen molar-refractivity contribution in [3.8, 4) is 11.5 Å². The Morgan fingerprint density at radius 2 is 1.59 bits per heavy atom. The highest BCUT2D eigenvalue weighted by Gasteiger charge is 2.35. The number of hydrogen-bond donors (Lipinski definition) is 1. The van der Waals surface area contributed by atoms with Crippen molar-refractivity contribution < 1.29 is 27.3 Å². The number of fused-ring (bicyclic) bond motifs is 1. The highest BCUT2D eigenvalue weighted by molar-refractivity contribution is 7.85. The fourth-order valence-electron chi connectivity index (χ4n) is 3.75. The van der Waals surface area contributed by atoms with Crippen molar-refractivity contribution in [1.82, 2.24) is 0 Å². The molecule has 6 nitrogen and oxygen atoms in total. The van der Waals surface area contributed by atoms with Crippen LogP contribution in [-0.2, 0) is 16.5 Å². The molecule has 1 N–H and O–H groups in total. The zero-order valence-corrected chi connectivity index (χ0v) is 21.4. The summed E-state index contributed by atoms with van der Waals surface area (Å²) < 4.78 is 38.6. The first-order valence-electron chi connectivity index (χ1n) is 10.9. The van der Waals surface area contributed by atoms with Crippen LogP contribution in [0.15, 0.2) is 29.2 Å². The van der Waals surface area contributed by atoms with Crippen LogP contribution in [0, 0.1) is 27.7 Å². The van der Waals surface area contributed by atoms with Gasteiger partial charge in [0.25, 0.3) is 0 Å². The third kappa shape index (κ3) is 6.47. The summed E-state index contributed by atoms with van der Waals surface area (Å²) in [4.78, 5) is -0.178. The molecule has 0 radical (unpaired) electrons. The first-order valence-corrected chi connectivity index (χ1v) is 12.3. The van der Waals surface area contributed by atoms with E-state index in [1.54, 1.807) is 12.1 Å². The second kappa shape index (κ2) is 9.41. The Kier molecular flexibility index (Phi) is 7.70. The van der Waals surface area contributed by atoms with Crippen LogP contribution in [0.4, 0.5) is 0 Å². The maximum atomic E-state index is 10.4. The molecule has 1 aliphatic rings. The molecule has 1 aliphatic heterocycles. The number of quaternary nitrogens is 1. The number of nitrogens with zero attached hydrogens (tertiary/aromatic N) is 1. The summed E-state index contributed by atoms with van der Waals surface area (Å²) in [5.74, 6) is 1.45. The molecule has 0 saturated heterocycles. The van der Waals surface area contributed by atoms with Gasteiger partial charge in [0.15, 0.2) is 0 Å². The van der Waals surface area contributed by atoms with Crippen LogP contribution in [0.1, 0.15) is 47.6 Å². The van der Waals surface area contributed by atoms with E-state index in [2.05, 4.69) is 35.0 Å². The lowest BCUT2D eigenvalue weighted by molar-refractivity contribution is -0.871. The second-order valence-electron chi connectivity index (χ2n) is 10.1. The lowest BCUT2D eigenvalue weighted by Gasteiger charge is -2.39. The van der Waals surface area contributed by atoms with Gasteiger partial charge in [-0.1, -0.05) is 17.7 Å². The number of aromatic hydroxyl groups is 1. The SMILES string of the molecule is Cc1c(C)c2c(c(C)c1O)CCC(C)(CC[N+](C)(C)C)O2.Cc1ccc(S(=O)(=O)[O-])cc1. The maximum absolute atomic E-state index is 10.4. The number of aryl methyl sites for hydroxylation is 1. The van der Waals surface area contributed by atoms with Gasteiger partial charge >= 0.3 is 0 Å². The highest BCUT2D eigenvalue weighted by Crippen LogP contribution is 2.44. The minimum Gasteiger partial charge on any atom is -0.744 e. The number of ether oxygens (including phenoxy) is 1. The standard InChI is InChI=1S/C18H29NO2.C7H8O3S/c1-12-13(2)17-15(14(3)16(12)20)8-9-18(4,21-17)10-11-19(5,6)7;1-6-2-4-7(5-3-6)11(8,9)10/h8-11H2,1-7H3;2-5H,1H3,(H,8,9,10). The number of phenolic OH excluding ortho intramolecular Hbond substituents is 1. The first kappa shape index (κ1) is 26.2. The zero-order valence-electron chi connectivity index (χ0n) is 20.6. The minimum absolute atomic E-state index is 0.0981. The molecule has 1 unspecified atom stereocenters. The van der Waals surface area contributed by atoms with Gasteiger partial charge in [-0.05, 0) is 76.3 Å². The Labute approximate surface area is 193 Å². The fraction of sp³-hybridized carbons (Fsp3) is 0.520. The molecule has 0 saturated carbocycles. The average molecular weight is 464 g/mol. The van der Waals surface area contributed by atoms with Crippen molar-refractivity contribution in [2.24, 2.45) is 0 Å². The Balaban J connectivity index is 0.000000278. The number of hydrogen-bond acceptors (Lipinski definition) is 5. The van der Waals surface area contributed by atoms with E-state index in [-0.39, 0.29) is 10.5 Å². The average Bonchev–Trinajstić information content (AvgIpc) is 2.69. The van der Waals surface area contributed by atoms with Crippen molar-refractivity contribution in [3.63, 3.8) is 0 Å². The zero-order chi connectivity index (χ0) is 24.5. The summed E-state index contributed by atoms with van der Waals surface area (Å²) in [6, 6.07) is 5.78. The second-order valence-corrected chi connectivity index (χ2v) is 11.5. The van der Waals surface area contributed by atoms with Crippen LogP contribution in [0.5, 0.6) is 11.5 Å². The van der Waals surface area contributed by atoms with Crippen molar-refractivity contribution in [1.29, 1.82) is 0 Å². The van der Waals surface area contributed by atoms with E-state index in [0.717, 1.165) is 58.3 Å². The van der Waals surface area contributed by atoms with Crippen LogP contribution in [0.25, 0.3) is 0 Å². The molecule has 32 heavy (non-hydrogen) atoms. The summed E-state index contributed by atoms with van der Waals surface area (Å²) in [6.45, 7) is 11.2. The number of rotatable bonds is 4. The molecule has 2 aromatic rings. The van der Waals surface area contributed by atoms with Gasteiger partial charge in [0.1, 0.15) is 27.2 Å². The van der Waals surface area contributed by atoms with Crippen LogP contribution in [-0.4, -0.2) is 55.8 Å². The summed E-state index contributed by atoms with van der Waals surface area (Å²) in [5.41, 5.74) is 5.04. The summed E-state index contributed by atoms with van der Waals surface area (Å²) in [7, 11) is 2.39. The van der Waals surface area contributed by atoms with Gasteiger partial charge in [-0.15, -0.1) is 0 Å². The fourth-order valence-corrected chi connectivity index (χ4v) is 4.22. The molecule has 0 aromatic heterocycles. The molecule has 0 bridgehead atoms. The molecule has 0 aliphatic carbocycles. The molecule has 0 fully saturated rings. The van der Waals surface area contributed by atoms with E-state index >= 15 is 0 Å². The molecular formula is C25H37NO5S. The number of phenols is 1. The predicted octanol–water partition coefficient (Wildman–Crippen LogP) is 4.40. The smallest absolute Gasteiger partial charge is 0.127 e. The largest absolute Gasteiger partial charge is 0.744 e. The molecule has 0 spiro atoms. The van der Waals surface area contributed by atoms with E-state index in [9.17, 15) is 18.1 Å². The molecule has 3 rings (SSSR count). The van der Waals surface area contributed by atoms with Crippen molar-refractivity contribution in [2.75, 3.05) is 27.7 Å².